The van der Waals surface area contributed by atoms with Crippen molar-refractivity contribution in [3.05, 3.63) is 82.3 Å². The summed E-state index contributed by atoms with van der Waals surface area (Å²) >= 11 is 5.97. The number of aryl methyl sites for hydroxylation is 1. The number of carbonyl (C=O) groups excluding carboxylic acids is 2. The van der Waals surface area contributed by atoms with E-state index in [-0.39, 0.29) is 24.4 Å². The number of hydrogen-bond donors (Lipinski definition) is 0. The van der Waals surface area contributed by atoms with Crippen LogP contribution in [0.4, 0.5) is 0 Å². The van der Waals surface area contributed by atoms with Crippen molar-refractivity contribution in [3.8, 4) is 11.5 Å². The van der Waals surface area contributed by atoms with Gasteiger partial charge >= 0.3 is 0 Å². The molecule has 0 spiro atoms. The number of benzene rings is 2. The average Bonchev–Trinajstić information content (AvgIpc) is 3.28. The highest BCUT2D eigenvalue weighted by atomic mass is 35.5. The van der Waals surface area contributed by atoms with Gasteiger partial charge in [0.05, 0.1) is 20.8 Å². The van der Waals surface area contributed by atoms with Crippen LogP contribution in [0.5, 0.6) is 11.5 Å². The zero-order valence-electron chi connectivity index (χ0n) is 21.4. The molecule has 36 heavy (non-hydrogen) atoms. The topological polar surface area (TPSA) is 72.2 Å². The van der Waals surface area contributed by atoms with E-state index in [0.717, 1.165) is 11.3 Å². The quantitative estimate of drug-likeness (QED) is 0.345. The molecule has 0 fully saturated rings. The van der Waals surface area contributed by atoms with Crippen LogP contribution in [0.25, 0.3) is 0 Å². The first-order chi connectivity index (χ1) is 17.2. The monoisotopic (exact) mass is 512 g/mol. The molecular weight excluding hydrogens is 480 g/mol. The molecule has 0 aliphatic rings. The second-order valence-corrected chi connectivity index (χ2v) is 9.24. The third kappa shape index (κ3) is 7.04. The van der Waals surface area contributed by atoms with Gasteiger partial charge in [0.1, 0.15) is 18.1 Å². The summed E-state index contributed by atoms with van der Waals surface area (Å²) in [5.74, 6) is 2.36. The standard InChI is InChI=1S/C28H33ClN2O5/c1-19(2)31(28(33)22-8-10-23(29)11-9-22)18-27(32)30(17-24-12-6-20(3)36-24)15-14-21-7-13-25(34-4)26(16-21)35-5/h6-13,16,19H,14-15,17-18H2,1-5H3. The fourth-order valence-electron chi connectivity index (χ4n) is 3.84. The fourth-order valence-corrected chi connectivity index (χ4v) is 3.97. The molecule has 0 N–H and O–H groups in total. The van der Waals surface area contributed by atoms with Gasteiger partial charge < -0.3 is 23.7 Å². The third-order valence-electron chi connectivity index (χ3n) is 5.89. The summed E-state index contributed by atoms with van der Waals surface area (Å²) in [6.45, 7) is 6.35. The molecule has 2 aromatic carbocycles. The summed E-state index contributed by atoms with van der Waals surface area (Å²) in [5, 5.41) is 0.550. The lowest BCUT2D eigenvalue weighted by atomic mass is 10.1. The summed E-state index contributed by atoms with van der Waals surface area (Å²) in [5.41, 5.74) is 1.48. The van der Waals surface area contributed by atoms with E-state index in [9.17, 15) is 9.59 Å². The minimum atomic E-state index is -0.219. The molecule has 1 aromatic heterocycles. The highest BCUT2D eigenvalue weighted by Crippen LogP contribution is 2.28. The van der Waals surface area contributed by atoms with Crippen molar-refractivity contribution in [2.75, 3.05) is 27.3 Å². The Labute approximate surface area is 217 Å². The molecule has 7 nitrogen and oxygen atoms in total. The minimum absolute atomic E-state index is 0.0508. The van der Waals surface area contributed by atoms with Crippen LogP contribution in [0.3, 0.4) is 0 Å². The summed E-state index contributed by atoms with van der Waals surface area (Å²) < 4.78 is 16.5. The van der Waals surface area contributed by atoms with Gasteiger partial charge in [-0.2, -0.15) is 0 Å². The molecule has 0 radical (unpaired) electrons. The third-order valence-corrected chi connectivity index (χ3v) is 6.15. The molecule has 3 aromatic rings. The Bertz CT molecular complexity index is 1170. The van der Waals surface area contributed by atoms with Gasteiger partial charge in [-0.05, 0) is 81.3 Å². The van der Waals surface area contributed by atoms with Gasteiger partial charge in [-0.25, -0.2) is 0 Å². The molecule has 1 heterocycles. The predicted molar refractivity (Wildman–Crippen MR) is 140 cm³/mol. The van der Waals surface area contributed by atoms with E-state index in [4.69, 9.17) is 25.5 Å². The summed E-state index contributed by atoms with van der Waals surface area (Å²) in [4.78, 5) is 30.0. The van der Waals surface area contributed by atoms with E-state index in [0.29, 0.717) is 47.4 Å². The number of carbonyl (C=O) groups is 2. The van der Waals surface area contributed by atoms with Crippen molar-refractivity contribution in [1.29, 1.82) is 0 Å². The van der Waals surface area contributed by atoms with Gasteiger partial charge in [0.2, 0.25) is 5.91 Å². The molecule has 8 heteroatoms. The van der Waals surface area contributed by atoms with Crippen LogP contribution in [0.15, 0.2) is 59.0 Å². The first kappa shape index (κ1) is 27.1. The van der Waals surface area contributed by atoms with Crippen LogP contribution >= 0.6 is 11.6 Å². The van der Waals surface area contributed by atoms with Crippen LogP contribution in [-0.2, 0) is 17.8 Å². The van der Waals surface area contributed by atoms with Crippen molar-refractivity contribution in [2.24, 2.45) is 0 Å². The van der Waals surface area contributed by atoms with Crippen molar-refractivity contribution in [1.82, 2.24) is 9.80 Å². The van der Waals surface area contributed by atoms with Gasteiger partial charge in [0, 0.05) is 23.2 Å². The van der Waals surface area contributed by atoms with Crippen molar-refractivity contribution < 1.29 is 23.5 Å². The van der Waals surface area contributed by atoms with Crippen molar-refractivity contribution in [2.45, 2.75) is 39.8 Å². The van der Waals surface area contributed by atoms with Gasteiger partial charge in [-0.15, -0.1) is 0 Å². The Kier molecular flexibility index (Phi) is 9.42. The van der Waals surface area contributed by atoms with Crippen LogP contribution < -0.4 is 9.47 Å². The Morgan fingerprint density at radius 2 is 1.67 bits per heavy atom. The van der Waals surface area contributed by atoms with E-state index in [1.54, 1.807) is 48.3 Å². The molecule has 0 unspecified atom stereocenters. The zero-order valence-corrected chi connectivity index (χ0v) is 22.2. The summed E-state index contributed by atoms with van der Waals surface area (Å²) in [6, 6.07) is 16.0. The number of ether oxygens (including phenoxy) is 2. The Morgan fingerprint density at radius 3 is 2.25 bits per heavy atom. The first-order valence-electron chi connectivity index (χ1n) is 11.8. The Morgan fingerprint density at radius 1 is 0.972 bits per heavy atom. The summed E-state index contributed by atoms with van der Waals surface area (Å²) in [7, 11) is 3.18. The number of amides is 2. The van der Waals surface area contributed by atoms with Crippen LogP contribution in [-0.4, -0.2) is 55.0 Å². The maximum atomic E-state index is 13.5. The zero-order chi connectivity index (χ0) is 26.2. The molecule has 0 atom stereocenters. The maximum Gasteiger partial charge on any atom is 0.254 e. The number of furan rings is 1. The number of methoxy groups -OCH3 is 2. The highest BCUT2D eigenvalue weighted by Gasteiger charge is 2.25. The Balaban J connectivity index is 1.79. The second kappa shape index (κ2) is 12.5. The number of rotatable bonds is 11. The minimum Gasteiger partial charge on any atom is -0.493 e. The second-order valence-electron chi connectivity index (χ2n) is 8.80. The largest absolute Gasteiger partial charge is 0.493 e. The smallest absolute Gasteiger partial charge is 0.254 e. The lowest BCUT2D eigenvalue weighted by Gasteiger charge is -2.30. The first-order valence-corrected chi connectivity index (χ1v) is 12.2. The molecule has 0 bridgehead atoms. The van der Waals surface area contributed by atoms with Crippen molar-refractivity contribution >= 4 is 23.4 Å². The van der Waals surface area contributed by atoms with Gasteiger partial charge in [-0.3, -0.25) is 9.59 Å². The highest BCUT2D eigenvalue weighted by molar-refractivity contribution is 6.30. The fraction of sp³-hybridized carbons (Fsp3) is 0.357. The summed E-state index contributed by atoms with van der Waals surface area (Å²) in [6.07, 6.45) is 0.596. The molecule has 2 amide bonds. The molecule has 0 saturated carbocycles. The van der Waals surface area contributed by atoms with E-state index in [1.807, 2.05) is 51.1 Å². The lowest BCUT2D eigenvalue weighted by Crippen LogP contribution is -2.46. The molecule has 0 aliphatic heterocycles. The van der Waals surface area contributed by atoms with Gasteiger partial charge in [-0.1, -0.05) is 17.7 Å². The molecular formula is C28H33ClN2O5. The normalized spacial score (nSPS) is 10.9. The molecule has 0 saturated heterocycles. The van der Waals surface area contributed by atoms with E-state index < -0.39 is 0 Å². The van der Waals surface area contributed by atoms with E-state index in [2.05, 4.69) is 0 Å². The average molecular weight is 513 g/mol. The van der Waals surface area contributed by atoms with Crippen LogP contribution in [0, 0.1) is 6.92 Å². The van der Waals surface area contributed by atoms with Gasteiger partial charge in [0.25, 0.3) is 5.91 Å². The SMILES string of the molecule is COc1ccc(CCN(Cc2ccc(C)o2)C(=O)CN(C(=O)c2ccc(Cl)cc2)C(C)C)cc1OC. The van der Waals surface area contributed by atoms with Crippen LogP contribution in [0.2, 0.25) is 5.02 Å². The Hall–Kier alpha value is -3.45. The number of nitrogens with zero attached hydrogens (tertiary/aromatic N) is 2. The predicted octanol–water partition coefficient (Wildman–Crippen LogP) is 5.38. The van der Waals surface area contributed by atoms with E-state index >= 15 is 0 Å². The molecule has 3 rings (SSSR count). The maximum absolute atomic E-state index is 13.5. The van der Waals surface area contributed by atoms with E-state index in [1.165, 1.54) is 0 Å². The number of halogens is 1. The van der Waals surface area contributed by atoms with Crippen molar-refractivity contribution in [3.63, 3.8) is 0 Å². The number of hydrogen-bond acceptors (Lipinski definition) is 5. The van der Waals surface area contributed by atoms with Gasteiger partial charge in [0.15, 0.2) is 11.5 Å². The van der Waals surface area contributed by atoms with Crippen LogP contribution in [0.1, 0.15) is 41.3 Å². The lowest BCUT2D eigenvalue weighted by molar-refractivity contribution is -0.133. The molecule has 0 aliphatic carbocycles. The molecule has 192 valence electrons.